The largest absolute Gasteiger partial charge is 0.350 e. The number of amides is 2. The molecule has 0 fully saturated rings. The Morgan fingerprint density at radius 3 is 2.35 bits per heavy atom. The van der Waals surface area contributed by atoms with Crippen LogP contribution in [0.1, 0.15) is 20.7 Å². The van der Waals surface area contributed by atoms with Gasteiger partial charge < -0.3 is 10.6 Å². The summed E-state index contributed by atoms with van der Waals surface area (Å²) >= 11 is 11.7. The van der Waals surface area contributed by atoms with E-state index in [0.29, 0.717) is 5.02 Å². The van der Waals surface area contributed by atoms with Crippen molar-refractivity contribution in [1.82, 2.24) is 10.6 Å². The molecule has 0 spiro atoms. The lowest BCUT2D eigenvalue weighted by Crippen LogP contribution is -2.34. The summed E-state index contributed by atoms with van der Waals surface area (Å²) in [4.78, 5) is 23.7. The number of hydrogen-bond acceptors (Lipinski definition) is 2. The molecule has 0 heterocycles. The van der Waals surface area contributed by atoms with Gasteiger partial charge in [-0.3, -0.25) is 9.59 Å². The Morgan fingerprint density at radius 2 is 1.65 bits per heavy atom. The molecule has 23 heavy (non-hydrogen) atoms. The monoisotopic (exact) mass is 354 g/mol. The number of nitrogens with one attached hydrogen (secondary N) is 2. The predicted octanol–water partition coefficient (Wildman–Crippen LogP) is 3.29. The Bertz CT molecular complexity index is 738. The smallest absolute Gasteiger partial charge is 0.252 e. The molecule has 7 heteroatoms. The van der Waals surface area contributed by atoms with Gasteiger partial charge in [0.25, 0.3) is 11.8 Å². The molecule has 2 aromatic carbocycles. The summed E-state index contributed by atoms with van der Waals surface area (Å²) in [6.07, 6.45) is 0. The van der Waals surface area contributed by atoms with Crippen molar-refractivity contribution in [1.29, 1.82) is 0 Å². The molecular weight excluding hydrogens is 342 g/mol. The van der Waals surface area contributed by atoms with Gasteiger partial charge in [0.05, 0.1) is 10.6 Å². The minimum absolute atomic E-state index is 0.194. The van der Waals surface area contributed by atoms with Gasteiger partial charge in [0.2, 0.25) is 0 Å². The third-order valence-electron chi connectivity index (χ3n) is 2.96. The van der Waals surface area contributed by atoms with Crippen LogP contribution in [0.5, 0.6) is 0 Å². The highest BCUT2D eigenvalue weighted by molar-refractivity contribution is 6.35. The van der Waals surface area contributed by atoms with Crippen molar-refractivity contribution in [2.24, 2.45) is 0 Å². The van der Waals surface area contributed by atoms with Crippen LogP contribution < -0.4 is 10.6 Å². The summed E-state index contributed by atoms with van der Waals surface area (Å²) < 4.78 is 13.0. The highest BCUT2D eigenvalue weighted by atomic mass is 35.5. The van der Waals surface area contributed by atoms with Crippen molar-refractivity contribution in [3.63, 3.8) is 0 Å². The summed E-state index contributed by atoms with van der Waals surface area (Å²) in [6, 6.07) is 9.93. The molecule has 0 aliphatic carbocycles. The summed E-state index contributed by atoms with van der Waals surface area (Å²) in [5.41, 5.74) is 0.477. The van der Waals surface area contributed by atoms with Crippen LogP contribution in [0.15, 0.2) is 42.5 Å². The highest BCUT2D eigenvalue weighted by Gasteiger charge is 2.11. The molecule has 2 N–H and O–H groups in total. The van der Waals surface area contributed by atoms with E-state index in [-0.39, 0.29) is 29.2 Å². The molecule has 0 radical (unpaired) electrons. The number of halogens is 3. The SMILES string of the molecule is O=C(NCCNC(=O)c1cc(Cl)ccc1Cl)c1cccc(F)c1. The van der Waals surface area contributed by atoms with E-state index in [1.54, 1.807) is 6.07 Å². The minimum Gasteiger partial charge on any atom is -0.350 e. The number of hydrogen-bond donors (Lipinski definition) is 2. The molecular formula is C16H13Cl2FN2O2. The molecule has 2 aromatic rings. The van der Waals surface area contributed by atoms with Gasteiger partial charge in [-0.05, 0) is 36.4 Å². The average Bonchev–Trinajstić information content (AvgIpc) is 2.53. The fraction of sp³-hybridized carbons (Fsp3) is 0.125. The number of carbonyl (C=O) groups is 2. The zero-order valence-corrected chi connectivity index (χ0v) is 13.4. The van der Waals surface area contributed by atoms with Crippen molar-refractivity contribution >= 4 is 35.0 Å². The van der Waals surface area contributed by atoms with Gasteiger partial charge in [0.15, 0.2) is 0 Å². The van der Waals surface area contributed by atoms with Crippen molar-refractivity contribution in [3.8, 4) is 0 Å². The second-order valence-corrected chi connectivity index (χ2v) is 5.49. The Balaban J connectivity index is 1.82. The van der Waals surface area contributed by atoms with Gasteiger partial charge in [0.1, 0.15) is 5.82 Å². The normalized spacial score (nSPS) is 10.2. The van der Waals surface area contributed by atoms with E-state index in [1.165, 1.54) is 30.3 Å². The van der Waals surface area contributed by atoms with Gasteiger partial charge in [-0.1, -0.05) is 29.3 Å². The second kappa shape index (κ2) is 7.94. The topological polar surface area (TPSA) is 58.2 Å². The maximum atomic E-state index is 13.0. The fourth-order valence-electron chi connectivity index (χ4n) is 1.85. The average molecular weight is 355 g/mol. The van der Waals surface area contributed by atoms with E-state index in [9.17, 15) is 14.0 Å². The molecule has 2 rings (SSSR count). The van der Waals surface area contributed by atoms with Gasteiger partial charge in [-0.15, -0.1) is 0 Å². The molecule has 0 saturated heterocycles. The van der Waals surface area contributed by atoms with E-state index in [2.05, 4.69) is 10.6 Å². The standard InChI is InChI=1S/C16H13Cl2FN2O2/c17-11-4-5-14(18)13(9-11)16(23)21-7-6-20-15(22)10-2-1-3-12(19)8-10/h1-5,8-9H,6-7H2,(H,20,22)(H,21,23). The van der Waals surface area contributed by atoms with E-state index < -0.39 is 17.6 Å². The highest BCUT2D eigenvalue weighted by Crippen LogP contribution is 2.20. The summed E-state index contributed by atoms with van der Waals surface area (Å²) in [6.45, 7) is 0.391. The van der Waals surface area contributed by atoms with Crippen LogP contribution in [-0.4, -0.2) is 24.9 Å². The minimum atomic E-state index is -0.485. The van der Waals surface area contributed by atoms with E-state index >= 15 is 0 Å². The summed E-state index contributed by atoms with van der Waals surface area (Å²) in [7, 11) is 0. The van der Waals surface area contributed by atoms with Crippen LogP contribution in [0.4, 0.5) is 4.39 Å². The third-order valence-corrected chi connectivity index (χ3v) is 3.52. The van der Waals surface area contributed by atoms with Crippen molar-refractivity contribution in [3.05, 3.63) is 69.5 Å². The maximum Gasteiger partial charge on any atom is 0.252 e. The van der Waals surface area contributed by atoms with Gasteiger partial charge in [-0.25, -0.2) is 4.39 Å². The van der Waals surface area contributed by atoms with Crippen LogP contribution in [0, 0.1) is 5.82 Å². The van der Waals surface area contributed by atoms with E-state index in [0.717, 1.165) is 6.07 Å². The van der Waals surface area contributed by atoms with E-state index in [4.69, 9.17) is 23.2 Å². The van der Waals surface area contributed by atoms with Crippen LogP contribution in [-0.2, 0) is 0 Å². The summed E-state index contributed by atoms with van der Waals surface area (Å²) in [5.74, 6) is -1.29. The van der Waals surface area contributed by atoms with Crippen molar-refractivity contribution < 1.29 is 14.0 Å². The molecule has 0 unspecified atom stereocenters. The van der Waals surface area contributed by atoms with E-state index in [1.807, 2.05) is 0 Å². The first-order valence-electron chi connectivity index (χ1n) is 6.74. The zero-order valence-electron chi connectivity index (χ0n) is 11.9. The van der Waals surface area contributed by atoms with Crippen LogP contribution in [0.3, 0.4) is 0 Å². The quantitative estimate of drug-likeness (QED) is 0.809. The first kappa shape index (κ1) is 17.2. The van der Waals surface area contributed by atoms with Crippen LogP contribution >= 0.6 is 23.2 Å². The molecule has 2 amide bonds. The molecule has 4 nitrogen and oxygen atoms in total. The van der Waals surface area contributed by atoms with Gasteiger partial charge in [-0.2, -0.15) is 0 Å². The fourth-order valence-corrected chi connectivity index (χ4v) is 2.23. The first-order valence-corrected chi connectivity index (χ1v) is 7.50. The van der Waals surface area contributed by atoms with Gasteiger partial charge >= 0.3 is 0 Å². The number of carbonyl (C=O) groups excluding carboxylic acids is 2. The van der Waals surface area contributed by atoms with Crippen LogP contribution in [0.25, 0.3) is 0 Å². The molecule has 0 aliphatic heterocycles. The number of benzene rings is 2. The second-order valence-electron chi connectivity index (χ2n) is 4.65. The lowest BCUT2D eigenvalue weighted by Gasteiger charge is -2.08. The zero-order chi connectivity index (χ0) is 16.8. The van der Waals surface area contributed by atoms with Crippen LogP contribution in [0.2, 0.25) is 10.0 Å². The molecule has 0 bridgehead atoms. The molecule has 0 atom stereocenters. The van der Waals surface area contributed by atoms with Crippen molar-refractivity contribution in [2.45, 2.75) is 0 Å². The summed E-state index contributed by atoms with van der Waals surface area (Å²) in [5, 5.41) is 5.88. The molecule has 120 valence electrons. The molecule has 0 saturated carbocycles. The van der Waals surface area contributed by atoms with Crippen molar-refractivity contribution in [2.75, 3.05) is 13.1 Å². The Hall–Kier alpha value is -2.11. The molecule has 0 aromatic heterocycles. The lowest BCUT2D eigenvalue weighted by atomic mass is 10.2. The maximum absolute atomic E-state index is 13.0. The Labute approximate surface area is 142 Å². The predicted molar refractivity (Wildman–Crippen MR) is 87.5 cm³/mol. The Morgan fingerprint density at radius 1 is 0.957 bits per heavy atom. The lowest BCUT2D eigenvalue weighted by molar-refractivity contribution is 0.0927. The Kier molecular flexibility index (Phi) is 5.96. The third kappa shape index (κ3) is 4.94. The van der Waals surface area contributed by atoms with Gasteiger partial charge in [0, 0.05) is 23.7 Å². The molecule has 0 aliphatic rings. The number of rotatable bonds is 5. The first-order chi connectivity index (χ1) is 11.0.